The lowest BCUT2D eigenvalue weighted by molar-refractivity contribution is 0.494. The number of aromatic amines is 1. The van der Waals surface area contributed by atoms with Gasteiger partial charge in [-0.15, -0.1) is 0 Å². The van der Waals surface area contributed by atoms with Crippen LogP contribution in [0, 0.1) is 11.8 Å². The molecule has 1 fully saturated rings. The smallest absolute Gasteiger partial charge is 0.271 e. The number of rotatable bonds is 1. The van der Waals surface area contributed by atoms with E-state index < -0.39 is 0 Å². The van der Waals surface area contributed by atoms with E-state index in [1.165, 1.54) is 6.33 Å². The molecule has 2 unspecified atom stereocenters. The summed E-state index contributed by atoms with van der Waals surface area (Å²) in [6.45, 7) is 6.23. The second-order valence-electron chi connectivity index (χ2n) is 4.23. The number of hydrogen-bond donors (Lipinski definition) is 1. The Hall–Kier alpha value is -1.03. The largest absolute Gasteiger partial charge is 0.355 e. The van der Waals surface area contributed by atoms with E-state index in [2.05, 4.69) is 28.7 Å². The van der Waals surface area contributed by atoms with Gasteiger partial charge in [0.2, 0.25) is 0 Å². The topological polar surface area (TPSA) is 49.0 Å². The minimum Gasteiger partial charge on any atom is -0.355 e. The first-order chi connectivity index (χ1) is 7.09. The van der Waals surface area contributed by atoms with E-state index in [4.69, 9.17) is 11.6 Å². The van der Waals surface area contributed by atoms with Gasteiger partial charge in [0, 0.05) is 13.1 Å². The fourth-order valence-electron chi connectivity index (χ4n) is 1.90. The van der Waals surface area contributed by atoms with Gasteiger partial charge in [-0.2, -0.15) is 0 Å². The maximum atomic E-state index is 11.3. The quantitative estimate of drug-likeness (QED) is 0.792. The van der Waals surface area contributed by atoms with Gasteiger partial charge in [-0.1, -0.05) is 25.4 Å². The Kier molecular flexibility index (Phi) is 2.69. The van der Waals surface area contributed by atoms with Gasteiger partial charge in [-0.25, -0.2) is 4.98 Å². The van der Waals surface area contributed by atoms with Gasteiger partial charge in [0.1, 0.15) is 5.02 Å². The second-order valence-corrected chi connectivity index (χ2v) is 4.61. The molecule has 0 aliphatic carbocycles. The zero-order valence-electron chi connectivity index (χ0n) is 8.83. The van der Waals surface area contributed by atoms with Crippen molar-refractivity contribution in [1.82, 2.24) is 9.97 Å². The number of nitrogens with zero attached hydrogens (tertiary/aromatic N) is 2. The monoisotopic (exact) mass is 227 g/mol. The molecule has 1 aromatic heterocycles. The Morgan fingerprint density at radius 3 is 2.67 bits per heavy atom. The van der Waals surface area contributed by atoms with E-state index in [0.717, 1.165) is 13.1 Å². The van der Waals surface area contributed by atoms with Crippen LogP contribution in [0.15, 0.2) is 11.1 Å². The highest BCUT2D eigenvalue weighted by Gasteiger charge is 2.28. The number of halogens is 1. The van der Waals surface area contributed by atoms with Crippen molar-refractivity contribution in [3.05, 3.63) is 21.7 Å². The molecule has 0 radical (unpaired) electrons. The van der Waals surface area contributed by atoms with E-state index in [0.29, 0.717) is 17.7 Å². The summed E-state index contributed by atoms with van der Waals surface area (Å²) < 4.78 is 0. The molecule has 0 spiro atoms. The van der Waals surface area contributed by atoms with Crippen LogP contribution in [-0.2, 0) is 0 Å². The van der Waals surface area contributed by atoms with Gasteiger partial charge in [0.25, 0.3) is 5.56 Å². The van der Waals surface area contributed by atoms with Crippen LogP contribution in [0.4, 0.5) is 5.82 Å². The van der Waals surface area contributed by atoms with Crippen molar-refractivity contribution in [2.45, 2.75) is 13.8 Å². The summed E-state index contributed by atoms with van der Waals surface area (Å²) in [6.07, 6.45) is 1.40. The number of aromatic nitrogens is 2. The van der Waals surface area contributed by atoms with Crippen molar-refractivity contribution in [2.24, 2.45) is 11.8 Å². The summed E-state index contributed by atoms with van der Waals surface area (Å²) in [5.74, 6) is 1.83. The average Bonchev–Trinajstić information content (AvgIpc) is 2.51. The van der Waals surface area contributed by atoms with Crippen LogP contribution >= 0.6 is 11.6 Å². The first-order valence-corrected chi connectivity index (χ1v) is 5.45. The zero-order chi connectivity index (χ0) is 11.0. The van der Waals surface area contributed by atoms with Gasteiger partial charge in [0.15, 0.2) is 5.82 Å². The fraction of sp³-hybridized carbons (Fsp3) is 0.600. The maximum absolute atomic E-state index is 11.3. The molecule has 1 aliphatic rings. The van der Waals surface area contributed by atoms with E-state index >= 15 is 0 Å². The molecule has 2 atom stereocenters. The van der Waals surface area contributed by atoms with Crippen LogP contribution in [0.3, 0.4) is 0 Å². The van der Waals surface area contributed by atoms with Crippen molar-refractivity contribution in [2.75, 3.05) is 18.0 Å². The Labute approximate surface area is 93.3 Å². The molecule has 1 aliphatic heterocycles. The highest BCUT2D eigenvalue weighted by atomic mass is 35.5. The number of nitrogens with one attached hydrogen (secondary N) is 1. The SMILES string of the molecule is CC1CN(c2nc[nH]c(=O)c2Cl)CC1C. The second kappa shape index (κ2) is 3.85. The van der Waals surface area contributed by atoms with Crippen LogP contribution < -0.4 is 10.5 Å². The van der Waals surface area contributed by atoms with Crippen molar-refractivity contribution in [3.8, 4) is 0 Å². The lowest BCUT2D eigenvalue weighted by Crippen LogP contribution is -2.24. The molecule has 2 heterocycles. The third-order valence-electron chi connectivity index (χ3n) is 3.07. The molecule has 0 bridgehead atoms. The summed E-state index contributed by atoms with van der Waals surface area (Å²) in [5.41, 5.74) is -0.270. The first kappa shape index (κ1) is 10.5. The molecular formula is C10H14ClN3O. The molecule has 1 saturated heterocycles. The van der Waals surface area contributed by atoms with Crippen molar-refractivity contribution < 1.29 is 0 Å². The standard InChI is InChI=1S/C10H14ClN3O/c1-6-3-14(4-7(6)2)9-8(11)10(15)13-5-12-9/h5-7H,3-4H2,1-2H3,(H,12,13,15). The summed E-state index contributed by atoms with van der Waals surface area (Å²) >= 11 is 5.92. The van der Waals surface area contributed by atoms with Gasteiger partial charge in [-0.05, 0) is 11.8 Å². The van der Waals surface area contributed by atoms with Crippen molar-refractivity contribution >= 4 is 17.4 Å². The normalized spacial score (nSPS) is 25.9. The summed E-state index contributed by atoms with van der Waals surface area (Å²) in [7, 11) is 0. The van der Waals surface area contributed by atoms with Crippen LogP contribution in [0.2, 0.25) is 5.02 Å². The van der Waals surface area contributed by atoms with Crippen LogP contribution in [0.25, 0.3) is 0 Å². The minimum atomic E-state index is -0.270. The molecule has 5 heteroatoms. The molecule has 2 rings (SSSR count). The van der Waals surface area contributed by atoms with Gasteiger partial charge < -0.3 is 9.88 Å². The molecular weight excluding hydrogens is 214 g/mol. The highest BCUT2D eigenvalue weighted by molar-refractivity contribution is 6.32. The molecule has 0 amide bonds. The Morgan fingerprint density at radius 1 is 1.47 bits per heavy atom. The Balaban J connectivity index is 2.32. The average molecular weight is 228 g/mol. The predicted octanol–water partition coefficient (Wildman–Crippen LogP) is 1.52. The summed E-state index contributed by atoms with van der Waals surface area (Å²) in [4.78, 5) is 20.0. The fourth-order valence-corrected chi connectivity index (χ4v) is 2.12. The summed E-state index contributed by atoms with van der Waals surface area (Å²) in [6, 6.07) is 0. The van der Waals surface area contributed by atoms with Gasteiger partial charge >= 0.3 is 0 Å². The number of hydrogen-bond acceptors (Lipinski definition) is 3. The van der Waals surface area contributed by atoms with E-state index in [-0.39, 0.29) is 10.6 Å². The van der Waals surface area contributed by atoms with E-state index in [1.54, 1.807) is 0 Å². The van der Waals surface area contributed by atoms with E-state index in [1.807, 2.05) is 0 Å². The van der Waals surface area contributed by atoms with Gasteiger partial charge in [0.05, 0.1) is 6.33 Å². The Bertz CT molecular complexity index is 407. The molecule has 0 saturated carbocycles. The highest BCUT2D eigenvalue weighted by Crippen LogP contribution is 2.28. The number of anilines is 1. The third kappa shape index (κ3) is 1.86. The molecule has 0 aromatic carbocycles. The van der Waals surface area contributed by atoms with Crippen molar-refractivity contribution in [1.29, 1.82) is 0 Å². The predicted molar refractivity (Wildman–Crippen MR) is 60.4 cm³/mol. The third-order valence-corrected chi connectivity index (χ3v) is 3.41. The first-order valence-electron chi connectivity index (χ1n) is 5.07. The Morgan fingerprint density at radius 2 is 2.07 bits per heavy atom. The van der Waals surface area contributed by atoms with Gasteiger partial charge in [-0.3, -0.25) is 4.79 Å². The number of H-pyrrole nitrogens is 1. The van der Waals surface area contributed by atoms with Crippen LogP contribution in [0.5, 0.6) is 0 Å². The molecule has 1 aromatic rings. The molecule has 82 valence electrons. The zero-order valence-corrected chi connectivity index (χ0v) is 9.58. The van der Waals surface area contributed by atoms with E-state index in [9.17, 15) is 4.79 Å². The molecule has 15 heavy (non-hydrogen) atoms. The minimum absolute atomic E-state index is 0.193. The van der Waals surface area contributed by atoms with Crippen LogP contribution in [0.1, 0.15) is 13.8 Å². The maximum Gasteiger partial charge on any atom is 0.271 e. The van der Waals surface area contributed by atoms with Crippen molar-refractivity contribution in [3.63, 3.8) is 0 Å². The van der Waals surface area contributed by atoms with Crippen LogP contribution in [-0.4, -0.2) is 23.1 Å². The summed E-state index contributed by atoms with van der Waals surface area (Å²) in [5, 5.41) is 0.193. The lowest BCUT2D eigenvalue weighted by Gasteiger charge is -2.17. The molecule has 4 nitrogen and oxygen atoms in total. The lowest BCUT2D eigenvalue weighted by atomic mass is 10.0. The molecule has 1 N–H and O–H groups in total.